The van der Waals surface area contributed by atoms with E-state index >= 15 is 0 Å². The number of unbranched alkanes of at least 4 members (excludes halogenated alkanes) is 1. The molecule has 1 aromatic carbocycles. The lowest BCUT2D eigenvalue weighted by molar-refractivity contribution is 0.356. The van der Waals surface area contributed by atoms with Gasteiger partial charge in [0.05, 0.1) is 0 Å². The molecule has 2 unspecified atom stereocenters. The Balaban J connectivity index is 2.84. The Morgan fingerprint density at radius 2 is 2.00 bits per heavy atom. The molecule has 0 fully saturated rings. The van der Waals surface area contributed by atoms with Crippen molar-refractivity contribution in [2.24, 2.45) is 5.92 Å². The molecular weight excluding hydrogens is 425 g/mol. The average molecular weight is 452 g/mol. The van der Waals surface area contributed by atoms with Gasteiger partial charge in [-0.05, 0) is 65.2 Å². The van der Waals surface area contributed by atoms with E-state index < -0.39 is 0 Å². The number of nitrogens with one attached hydrogen (secondary N) is 1. The van der Waals surface area contributed by atoms with Gasteiger partial charge >= 0.3 is 0 Å². The lowest BCUT2D eigenvalue weighted by Crippen LogP contribution is -2.24. The van der Waals surface area contributed by atoms with Gasteiger partial charge in [-0.2, -0.15) is 0 Å². The van der Waals surface area contributed by atoms with Crippen molar-refractivity contribution in [1.29, 1.82) is 0 Å². The molecule has 0 saturated heterocycles. The van der Waals surface area contributed by atoms with E-state index in [1.807, 2.05) is 0 Å². The molecule has 1 aromatic rings. The van der Waals surface area contributed by atoms with E-state index in [0.29, 0.717) is 6.04 Å². The minimum Gasteiger partial charge on any atom is -0.310 e. The van der Waals surface area contributed by atoms with E-state index in [0.717, 1.165) is 12.5 Å². The monoisotopic (exact) mass is 451 g/mol. The van der Waals surface area contributed by atoms with Crippen molar-refractivity contribution >= 4 is 38.5 Å². The van der Waals surface area contributed by atoms with E-state index in [4.69, 9.17) is 0 Å². The second kappa shape index (κ2) is 10.2. The normalized spacial score (nSPS) is 14.2. The third-order valence-corrected chi connectivity index (χ3v) is 5.29. The summed E-state index contributed by atoms with van der Waals surface area (Å²) in [5, 5.41) is 3.67. The highest BCUT2D eigenvalue weighted by atomic mass is 127. The van der Waals surface area contributed by atoms with Crippen molar-refractivity contribution in [2.45, 2.75) is 58.9 Å². The lowest BCUT2D eigenvalue weighted by Gasteiger charge is -2.25. The Labute approximate surface area is 146 Å². The van der Waals surface area contributed by atoms with Gasteiger partial charge in [-0.15, -0.1) is 0 Å². The van der Waals surface area contributed by atoms with Gasteiger partial charge in [-0.3, -0.25) is 0 Å². The van der Waals surface area contributed by atoms with Gasteiger partial charge in [0.2, 0.25) is 0 Å². The van der Waals surface area contributed by atoms with Gasteiger partial charge in [-0.25, -0.2) is 0 Å². The minimum atomic E-state index is 0.464. The SMILES string of the molecule is CCCCC(CC)CC(NCC)c1cc(I)ccc1Br. The third-order valence-electron chi connectivity index (χ3n) is 3.90. The summed E-state index contributed by atoms with van der Waals surface area (Å²) in [7, 11) is 0. The second-order valence-corrected chi connectivity index (χ2v) is 7.53. The molecule has 0 aromatic heterocycles. The Hall–Kier alpha value is 0.390. The maximum absolute atomic E-state index is 3.72. The molecule has 0 saturated carbocycles. The first-order chi connectivity index (χ1) is 9.62. The molecular formula is C17H27BrIN. The molecule has 0 heterocycles. The first-order valence-electron chi connectivity index (χ1n) is 7.80. The molecule has 0 spiro atoms. The van der Waals surface area contributed by atoms with Crippen LogP contribution in [-0.2, 0) is 0 Å². The van der Waals surface area contributed by atoms with Crippen molar-refractivity contribution < 1.29 is 0 Å². The fourth-order valence-electron chi connectivity index (χ4n) is 2.66. The molecule has 1 nitrogen and oxygen atoms in total. The smallest absolute Gasteiger partial charge is 0.0334 e. The van der Waals surface area contributed by atoms with Crippen LogP contribution in [0.2, 0.25) is 0 Å². The maximum Gasteiger partial charge on any atom is 0.0334 e. The number of halogens is 2. The second-order valence-electron chi connectivity index (χ2n) is 5.43. The van der Waals surface area contributed by atoms with Crippen LogP contribution >= 0.6 is 38.5 Å². The molecule has 1 rings (SSSR count). The van der Waals surface area contributed by atoms with E-state index in [1.165, 1.54) is 45.7 Å². The number of hydrogen-bond acceptors (Lipinski definition) is 1. The van der Waals surface area contributed by atoms with Crippen molar-refractivity contribution in [3.05, 3.63) is 31.8 Å². The summed E-state index contributed by atoms with van der Waals surface area (Å²) in [6.45, 7) is 7.83. The molecule has 0 aliphatic carbocycles. The van der Waals surface area contributed by atoms with Crippen LogP contribution in [0, 0.1) is 9.49 Å². The molecule has 0 radical (unpaired) electrons. The minimum absolute atomic E-state index is 0.464. The molecule has 0 bridgehead atoms. The number of benzene rings is 1. The van der Waals surface area contributed by atoms with Crippen LogP contribution in [0.4, 0.5) is 0 Å². The summed E-state index contributed by atoms with van der Waals surface area (Å²) in [5.41, 5.74) is 1.41. The van der Waals surface area contributed by atoms with Crippen molar-refractivity contribution in [2.75, 3.05) is 6.54 Å². The van der Waals surface area contributed by atoms with Gasteiger partial charge in [-0.1, -0.05) is 62.4 Å². The van der Waals surface area contributed by atoms with Crippen molar-refractivity contribution in [3.63, 3.8) is 0 Å². The lowest BCUT2D eigenvalue weighted by atomic mass is 9.89. The quantitative estimate of drug-likeness (QED) is 0.433. The topological polar surface area (TPSA) is 12.0 Å². The summed E-state index contributed by atoms with van der Waals surface area (Å²) < 4.78 is 2.54. The summed E-state index contributed by atoms with van der Waals surface area (Å²) in [5.74, 6) is 0.823. The van der Waals surface area contributed by atoms with Gasteiger partial charge in [0.25, 0.3) is 0 Å². The van der Waals surface area contributed by atoms with Crippen LogP contribution in [0.25, 0.3) is 0 Å². The molecule has 3 heteroatoms. The van der Waals surface area contributed by atoms with Gasteiger partial charge in [0.1, 0.15) is 0 Å². The van der Waals surface area contributed by atoms with Crippen LogP contribution < -0.4 is 5.32 Å². The highest BCUT2D eigenvalue weighted by Crippen LogP contribution is 2.32. The molecule has 114 valence electrons. The molecule has 1 N–H and O–H groups in total. The largest absolute Gasteiger partial charge is 0.310 e. The Morgan fingerprint density at radius 3 is 2.60 bits per heavy atom. The van der Waals surface area contributed by atoms with Crippen LogP contribution in [0.15, 0.2) is 22.7 Å². The first-order valence-corrected chi connectivity index (χ1v) is 9.67. The molecule has 0 aliphatic rings. The van der Waals surface area contributed by atoms with Crippen LogP contribution in [0.1, 0.15) is 64.5 Å². The van der Waals surface area contributed by atoms with Crippen molar-refractivity contribution in [1.82, 2.24) is 5.32 Å². The fourth-order valence-corrected chi connectivity index (χ4v) is 3.70. The highest BCUT2D eigenvalue weighted by molar-refractivity contribution is 14.1. The molecule has 0 amide bonds. The van der Waals surface area contributed by atoms with Gasteiger partial charge < -0.3 is 5.32 Å². The zero-order chi connectivity index (χ0) is 15.0. The maximum atomic E-state index is 3.72. The predicted octanol–water partition coefficient (Wildman–Crippen LogP) is 6.31. The Bertz CT molecular complexity index is 395. The summed E-state index contributed by atoms with van der Waals surface area (Å²) in [4.78, 5) is 0. The molecule has 2 atom stereocenters. The third kappa shape index (κ3) is 6.02. The van der Waals surface area contributed by atoms with Crippen LogP contribution in [0.5, 0.6) is 0 Å². The summed E-state index contributed by atoms with van der Waals surface area (Å²) in [6, 6.07) is 7.11. The van der Waals surface area contributed by atoms with Crippen LogP contribution in [-0.4, -0.2) is 6.54 Å². The standard InChI is InChI=1S/C17H27BrIN/c1-4-7-8-13(5-2)11-17(20-6-3)15-12-14(19)9-10-16(15)18/h9-10,12-13,17,20H,4-8,11H2,1-3H3. The fraction of sp³-hybridized carbons (Fsp3) is 0.647. The van der Waals surface area contributed by atoms with E-state index in [1.54, 1.807) is 0 Å². The summed E-state index contributed by atoms with van der Waals surface area (Å²) >= 11 is 6.12. The van der Waals surface area contributed by atoms with Gasteiger partial charge in [0.15, 0.2) is 0 Å². The zero-order valence-corrected chi connectivity index (χ0v) is 16.6. The molecule has 0 aliphatic heterocycles. The Morgan fingerprint density at radius 1 is 1.25 bits per heavy atom. The number of hydrogen-bond donors (Lipinski definition) is 1. The van der Waals surface area contributed by atoms with E-state index in [9.17, 15) is 0 Å². The van der Waals surface area contributed by atoms with Gasteiger partial charge in [0, 0.05) is 14.1 Å². The highest BCUT2D eigenvalue weighted by Gasteiger charge is 2.18. The van der Waals surface area contributed by atoms with Crippen LogP contribution in [0.3, 0.4) is 0 Å². The predicted molar refractivity (Wildman–Crippen MR) is 101 cm³/mol. The Kier molecular flexibility index (Phi) is 9.38. The molecule has 20 heavy (non-hydrogen) atoms. The zero-order valence-electron chi connectivity index (χ0n) is 12.9. The van der Waals surface area contributed by atoms with E-state index in [-0.39, 0.29) is 0 Å². The van der Waals surface area contributed by atoms with E-state index in [2.05, 4.69) is 82.8 Å². The summed E-state index contributed by atoms with van der Waals surface area (Å²) in [6.07, 6.45) is 6.53. The first kappa shape index (κ1) is 18.4. The van der Waals surface area contributed by atoms with Crippen molar-refractivity contribution in [3.8, 4) is 0 Å². The average Bonchev–Trinajstić information content (AvgIpc) is 2.45. The number of rotatable bonds is 9.